The van der Waals surface area contributed by atoms with Crippen LogP contribution in [-0.2, 0) is 0 Å². The van der Waals surface area contributed by atoms with Crippen molar-refractivity contribution in [3.8, 4) is 6.07 Å². The molecule has 0 aliphatic carbocycles. The first-order valence-corrected chi connectivity index (χ1v) is 4.70. The first kappa shape index (κ1) is 9.47. The van der Waals surface area contributed by atoms with Crippen LogP contribution in [0.25, 0.3) is 10.9 Å². The summed E-state index contributed by atoms with van der Waals surface area (Å²) in [6.07, 6.45) is 0. The number of rotatable bonds is 0. The zero-order valence-corrected chi connectivity index (χ0v) is 8.70. The van der Waals surface area contributed by atoms with Gasteiger partial charge >= 0.3 is 0 Å². The van der Waals surface area contributed by atoms with Gasteiger partial charge < -0.3 is 5.73 Å². The van der Waals surface area contributed by atoms with Gasteiger partial charge in [0.1, 0.15) is 11.9 Å². The van der Waals surface area contributed by atoms with E-state index in [-0.39, 0.29) is 0 Å². The van der Waals surface area contributed by atoms with Gasteiger partial charge in [0.05, 0.1) is 11.1 Å². The standard InChI is InChI=1S/C12H11N3/c1-7-3-4-9-5-10(6-13)12(14)15-11(9)8(7)2/h3-5H,1-2H3,(H2,14,15). The predicted octanol–water partition coefficient (Wildman–Crippen LogP) is 2.31. The van der Waals surface area contributed by atoms with Gasteiger partial charge in [0, 0.05) is 5.39 Å². The second-order valence-corrected chi connectivity index (χ2v) is 3.61. The topological polar surface area (TPSA) is 62.7 Å². The molecule has 0 aliphatic rings. The lowest BCUT2D eigenvalue weighted by atomic mass is 10.0. The van der Waals surface area contributed by atoms with Crippen molar-refractivity contribution in [3.63, 3.8) is 0 Å². The Bertz CT molecular complexity index is 579. The summed E-state index contributed by atoms with van der Waals surface area (Å²) in [4.78, 5) is 4.26. The molecule has 74 valence electrons. The van der Waals surface area contributed by atoms with Gasteiger partial charge in [-0.2, -0.15) is 5.26 Å². The molecule has 2 aromatic rings. The molecule has 2 rings (SSSR count). The number of nitriles is 1. The summed E-state index contributed by atoms with van der Waals surface area (Å²) in [5.74, 6) is 0.304. The molecule has 0 fully saturated rings. The van der Waals surface area contributed by atoms with Crippen LogP contribution >= 0.6 is 0 Å². The SMILES string of the molecule is Cc1ccc2cc(C#N)c(N)nc2c1C. The summed E-state index contributed by atoms with van der Waals surface area (Å²) in [6, 6.07) is 7.80. The minimum absolute atomic E-state index is 0.304. The third kappa shape index (κ3) is 1.40. The number of hydrogen-bond acceptors (Lipinski definition) is 3. The lowest BCUT2D eigenvalue weighted by molar-refractivity contribution is 1.31. The zero-order valence-electron chi connectivity index (χ0n) is 8.70. The van der Waals surface area contributed by atoms with Crippen LogP contribution in [0.15, 0.2) is 18.2 Å². The Morgan fingerprint density at radius 2 is 2.07 bits per heavy atom. The van der Waals surface area contributed by atoms with E-state index in [1.165, 1.54) is 5.56 Å². The Labute approximate surface area is 88.2 Å². The number of fused-ring (bicyclic) bond motifs is 1. The monoisotopic (exact) mass is 197 g/mol. The highest BCUT2D eigenvalue weighted by atomic mass is 14.8. The molecule has 1 heterocycles. The molecule has 1 aromatic carbocycles. The van der Waals surface area contributed by atoms with E-state index in [2.05, 4.69) is 4.98 Å². The molecule has 0 atom stereocenters. The molecule has 2 N–H and O–H groups in total. The van der Waals surface area contributed by atoms with E-state index in [0.29, 0.717) is 11.4 Å². The third-order valence-corrected chi connectivity index (χ3v) is 2.66. The molecule has 0 spiro atoms. The fourth-order valence-corrected chi connectivity index (χ4v) is 1.59. The van der Waals surface area contributed by atoms with E-state index in [9.17, 15) is 0 Å². The fourth-order valence-electron chi connectivity index (χ4n) is 1.59. The number of hydrogen-bond donors (Lipinski definition) is 1. The van der Waals surface area contributed by atoms with Gasteiger partial charge in [-0.25, -0.2) is 4.98 Å². The molecule has 0 aliphatic heterocycles. The summed E-state index contributed by atoms with van der Waals surface area (Å²) in [5.41, 5.74) is 9.29. The summed E-state index contributed by atoms with van der Waals surface area (Å²) in [7, 11) is 0. The van der Waals surface area contributed by atoms with E-state index in [1.807, 2.05) is 32.0 Å². The van der Waals surface area contributed by atoms with Crippen molar-refractivity contribution in [3.05, 3.63) is 34.9 Å². The van der Waals surface area contributed by atoms with Crippen LogP contribution in [0, 0.1) is 25.2 Å². The van der Waals surface area contributed by atoms with Gasteiger partial charge in [-0.3, -0.25) is 0 Å². The molecular weight excluding hydrogens is 186 g/mol. The van der Waals surface area contributed by atoms with Gasteiger partial charge in [-0.15, -0.1) is 0 Å². The van der Waals surface area contributed by atoms with Crippen molar-refractivity contribution in [1.82, 2.24) is 4.98 Å². The Hall–Kier alpha value is -2.08. The molecule has 0 radical (unpaired) electrons. The van der Waals surface area contributed by atoms with Crippen molar-refractivity contribution in [2.24, 2.45) is 0 Å². The van der Waals surface area contributed by atoms with Gasteiger partial charge in [-0.05, 0) is 31.0 Å². The lowest BCUT2D eigenvalue weighted by Crippen LogP contribution is -1.97. The van der Waals surface area contributed by atoms with Crippen molar-refractivity contribution < 1.29 is 0 Å². The van der Waals surface area contributed by atoms with E-state index < -0.39 is 0 Å². The summed E-state index contributed by atoms with van der Waals surface area (Å²) in [5, 5.41) is 9.79. The molecule has 0 saturated carbocycles. The van der Waals surface area contributed by atoms with E-state index in [1.54, 1.807) is 6.07 Å². The zero-order chi connectivity index (χ0) is 11.0. The smallest absolute Gasteiger partial charge is 0.142 e. The van der Waals surface area contributed by atoms with Crippen LogP contribution in [0.5, 0.6) is 0 Å². The summed E-state index contributed by atoms with van der Waals surface area (Å²) in [6.45, 7) is 4.04. The highest BCUT2D eigenvalue weighted by Gasteiger charge is 2.06. The molecule has 0 saturated heterocycles. The van der Waals surface area contributed by atoms with Gasteiger partial charge in [0.15, 0.2) is 0 Å². The average molecular weight is 197 g/mol. The number of nitrogen functional groups attached to an aromatic ring is 1. The van der Waals surface area contributed by atoms with Gasteiger partial charge in [0.25, 0.3) is 0 Å². The predicted molar refractivity (Wildman–Crippen MR) is 60.3 cm³/mol. The molecule has 3 heteroatoms. The molecule has 0 unspecified atom stereocenters. The quantitative estimate of drug-likeness (QED) is 0.704. The number of anilines is 1. The third-order valence-electron chi connectivity index (χ3n) is 2.66. The number of nitrogens with two attached hydrogens (primary N) is 1. The maximum absolute atomic E-state index is 8.83. The van der Waals surface area contributed by atoms with Gasteiger partial charge in [0.2, 0.25) is 0 Å². The first-order chi connectivity index (χ1) is 7.13. The maximum atomic E-state index is 8.83. The number of aromatic nitrogens is 1. The largest absolute Gasteiger partial charge is 0.383 e. The van der Waals surface area contributed by atoms with E-state index in [0.717, 1.165) is 16.5 Å². The Morgan fingerprint density at radius 1 is 1.33 bits per heavy atom. The highest BCUT2D eigenvalue weighted by molar-refractivity contribution is 5.86. The second kappa shape index (κ2) is 3.25. The van der Waals surface area contributed by atoms with Crippen LogP contribution in [0.3, 0.4) is 0 Å². The normalized spacial score (nSPS) is 10.2. The first-order valence-electron chi connectivity index (χ1n) is 4.70. The van der Waals surface area contributed by atoms with Crippen molar-refractivity contribution in [1.29, 1.82) is 5.26 Å². The van der Waals surface area contributed by atoms with Crippen molar-refractivity contribution >= 4 is 16.7 Å². The minimum Gasteiger partial charge on any atom is -0.383 e. The molecule has 0 amide bonds. The lowest BCUT2D eigenvalue weighted by Gasteiger charge is -2.06. The van der Waals surface area contributed by atoms with Crippen LogP contribution in [0.4, 0.5) is 5.82 Å². The van der Waals surface area contributed by atoms with Gasteiger partial charge in [-0.1, -0.05) is 12.1 Å². The van der Waals surface area contributed by atoms with Crippen LogP contribution in [0.1, 0.15) is 16.7 Å². The Kier molecular flexibility index (Phi) is 2.05. The van der Waals surface area contributed by atoms with Crippen LogP contribution in [0.2, 0.25) is 0 Å². The van der Waals surface area contributed by atoms with Crippen LogP contribution < -0.4 is 5.73 Å². The van der Waals surface area contributed by atoms with E-state index >= 15 is 0 Å². The molecule has 1 aromatic heterocycles. The minimum atomic E-state index is 0.304. The van der Waals surface area contributed by atoms with Crippen LogP contribution in [-0.4, -0.2) is 4.98 Å². The Morgan fingerprint density at radius 3 is 2.73 bits per heavy atom. The molecule has 3 nitrogen and oxygen atoms in total. The number of benzene rings is 1. The number of nitrogens with zero attached hydrogens (tertiary/aromatic N) is 2. The average Bonchev–Trinajstić information content (AvgIpc) is 2.24. The van der Waals surface area contributed by atoms with E-state index in [4.69, 9.17) is 11.0 Å². The second-order valence-electron chi connectivity index (χ2n) is 3.61. The fraction of sp³-hybridized carbons (Fsp3) is 0.167. The molecule has 0 bridgehead atoms. The molecule has 15 heavy (non-hydrogen) atoms. The van der Waals surface area contributed by atoms with Crippen molar-refractivity contribution in [2.75, 3.05) is 5.73 Å². The Balaban J connectivity index is 2.89. The van der Waals surface area contributed by atoms with Crippen molar-refractivity contribution in [2.45, 2.75) is 13.8 Å². The summed E-state index contributed by atoms with van der Waals surface area (Å²) < 4.78 is 0. The number of aryl methyl sites for hydroxylation is 2. The highest BCUT2D eigenvalue weighted by Crippen LogP contribution is 2.22. The molecular formula is C12H11N3. The summed E-state index contributed by atoms with van der Waals surface area (Å²) >= 11 is 0. The number of pyridine rings is 1. The maximum Gasteiger partial charge on any atom is 0.142 e.